The standard InChI is InChI=1S/C38H22Br2N4S.Zn/c39-35-21-25(38(40)45-35)11-14-28-29-17-19-33(43-29)36(23-7-3-1-4-8-23)31-15-12-26(41-31)22-27-13-16-32(42-27)37(24-9-5-2-6-10-24)34-20-18-30(28)44-34;/h1-22H;/q-2;+2/b14-11+,26-22?,27-22?,29-28?,30-28?,36-31?,36-33?,37-32?,37-34?;. The topological polar surface area (TPSA) is 54.0 Å². The molecule has 46 heavy (non-hydrogen) atoms. The molecule has 2 aliphatic heterocycles. The summed E-state index contributed by atoms with van der Waals surface area (Å²) in [5, 5.41) is 0. The number of thiophene rings is 1. The fourth-order valence-electron chi connectivity index (χ4n) is 5.65. The summed E-state index contributed by atoms with van der Waals surface area (Å²) in [5.74, 6) is 0. The molecular formula is C38H22Br2N4SZn. The van der Waals surface area contributed by atoms with E-state index in [2.05, 4.69) is 111 Å². The minimum atomic E-state index is 0. The van der Waals surface area contributed by atoms with E-state index in [0.717, 1.165) is 85.8 Å². The predicted molar refractivity (Wildman–Crippen MR) is 196 cm³/mol. The quantitative estimate of drug-likeness (QED) is 0.167. The Morgan fingerprint density at radius 2 is 1.20 bits per heavy atom. The molecule has 0 atom stereocenters. The third-order valence-electron chi connectivity index (χ3n) is 7.71. The van der Waals surface area contributed by atoms with Crippen LogP contribution in [0.15, 0.2) is 105 Å². The Morgan fingerprint density at radius 1 is 0.587 bits per heavy atom. The first-order valence-electron chi connectivity index (χ1n) is 14.4. The Balaban J connectivity index is 0.00000338. The summed E-state index contributed by atoms with van der Waals surface area (Å²) in [7, 11) is 0. The van der Waals surface area contributed by atoms with Gasteiger partial charge in [0, 0.05) is 5.56 Å². The summed E-state index contributed by atoms with van der Waals surface area (Å²) in [5.41, 5.74) is 12.9. The number of fused-ring (bicyclic) bond motifs is 8. The van der Waals surface area contributed by atoms with Gasteiger partial charge in [-0.25, -0.2) is 9.97 Å². The molecule has 4 aromatic heterocycles. The fourth-order valence-corrected chi connectivity index (χ4v) is 8.41. The first-order valence-corrected chi connectivity index (χ1v) is 16.8. The first kappa shape index (κ1) is 30.7. The van der Waals surface area contributed by atoms with Crippen molar-refractivity contribution in [3.63, 3.8) is 0 Å². The number of halogens is 2. The number of benzene rings is 2. The van der Waals surface area contributed by atoms with Gasteiger partial charge < -0.3 is 9.97 Å². The molecule has 8 bridgehead atoms. The molecule has 8 rings (SSSR count). The number of hydrogen-bond acceptors (Lipinski definition) is 3. The summed E-state index contributed by atoms with van der Waals surface area (Å²) in [6.45, 7) is 0. The second-order valence-corrected chi connectivity index (χ2v) is 14.3. The van der Waals surface area contributed by atoms with Crippen LogP contribution < -0.4 is 9.97 Å². The molecule has 0 saturated heterocycles. The molecule has 8 heteroatoms. The number of rotatable bonds is 4. The van der Waals surface area contributed by atoms with Crippen LogP contribution in [-0.4, -0.2) is 9.97 Å². The van der Waals surface area contributed by atoms with Gasteiger partial charge in [0.25, 0.3) is 0 Å². The van der Waals surface area contributed by atoms with Gasteiger partial charge in [-0.3, -0.25) is 0 Å². The van der Waals surface area contributed by atoms with E-state index in [4.69, 9.17) is 19.9 Å². The van der Waals surface area contributed by atoms with Crippen LogP contribution in [0, 0.1) is 0 Å². The summed E-state index contributed by atoms with van der Waals surface area (Å²) >= 11 is 8.96. The van der Waals surface area contributed by atoms with E-state index < -0.39 is 0 Å². The molecule has 0 aliphatic carbocycles. The van der Waals surface area contributed by atoms with E-state index >= 15 is 0 Å². The third kappa shape index (κ3) is 5.99. The van der Waals surface area contributed by atoms with Gasteiger partial charge in [0.2, 0.25) is 0 Å². The van der Waals surface area contributed by atoms with Gasteiger partial charge in [0.15, 0.2) is 0 Å². The zero-order valence-corrected chi connectivity index (χ0v) is 31.3. The number of hydrogen-bond donors (Lipinski definition) is 0. The van der Waals surface area contributed by atoms with Gasteiger partial charge in [-0.2, -0.15) is 0 Å². The SMILES string of the molecule is Brc1cc(/C=C/c2c3nc(c(-c4ccccc4)c4ccc(cc5nc(c(-c6ccccc6)c6ccc2[n-]6)C=C5)[n-]4)C=C3)c(Br)s1.[Zn+2]. The van der Waals surface area contributed by atoms with Gasteiger partial charge in [-0.1, -0.05) is 103 Å². The minimum Gasteiger partial charge on any atom is -0.657 e. The van der Waals surface area contributed by atoms with Crippen LogP contribution in [0.25, 0.3) is 80.8 Å². The van der Waals surface area contributed by atoms with Crippen LogP contribution in [-0.2, 0) is 19.5 Å². The van der Waals surface area contributed by atoms with Crippen molar-refractivity contribution in [1.29, 1.82) is 0 Å². The number of nitrogens with zero attached hydrogens (tertiary/aromatic N) is 4. The van der Waals surface area contributed by atoms with E-state index in [9.17, 15) is 0 Å². The molecule has 2 aromatic carbocycles. The molecule has 4 nitrogen and oxygen atoms in total. The Morgan fingerprint density at radius 3 is 1.89 bits per heavy atom. The van der Waals surface area contributed by atoms with E-state index in [1.165, 1.54) is 0 Å². The van der Waals surface area contributed by atoms with Gasteiger partial charge in [0.05, 0.1) is 30.3 Å². The average Bonchev–Trinajstić information content (AvgIpc) is 3.90. The predicted octanol–water partition coefficient (Wildman–Crippen LogP) is 11.0. The van der Waals surface area contributed by atoms with Crippen molar-refractivity contribution in [3.05, 3.63) is 139 Å². The molecule has 6 heterocycles. The molecule has 6 aromatic rings. The summed E-state index contributed by atoms with van der Waals surface area (Å²) < 4.78 is 2.11. The van der Waals surface area contributed by atoms with Crippen molar-refractivity contribution in [2.45, 2.75) is 0 Å². The van der Waals surface area contributed by atoms with Crippen molar-refractivity contribution in [2.75, 3.05) is 0 Å². The van der Waals surface area contributed by atoms with Gasteiger partial charge in [-0.15, -0.1) is 33.4 Å². The second-order valence-electron chi connectivity index (χ2n) is 10.6. The maximum absolute atomic E-state index is 5.22. The van der Waals surface area contributed by atoms with Crippen molar-refractivity contribution in [2.24, 2.45) is 0 Å². The maximum atomic E-state index is 5.22. The van der Waals surface area contributed by atoms with Crippen LogP contribution in [0.3, 0.4) is 0 Å². The van der Waals surface area contributed by atoms with Crippen molar-refractivity contribution in [1.82, 2.24) is 19.9 Å². The summed E-state index contributed by atoms with van der Waals surface area (Å²) in [6.07, 6.45) is 12.5. The molecular weight excluding hydrogens is 770 g/mol. The maximum Gasteiger partial charge on any atom is 2.00 e. The van der Waals surface area contributed by atoms with Crippen LogP contribution in [0.1, 0.15) is 33.9 Å². The van der Waals surface area contributed by atoms with Crippen molar-refractivity contribution in [3.8, 4) is 22.3 Å². The molecule has 0 amide bonds. The van der Waals surface area contributed by atoms with Crippen LogP contribution in [0.2, 0.25) is 0 Å². The van der Waals surface area contributed by atoms with E-state index in [1.54, 1.807) is 11.3 Å². The van der Waals surface area contributed by atoms with Crippen LogP contribution in [0.5, 0.6) is 0 Å². The number of aromatic nitrogens is 4. The van der Waals surface area contributed by atoms with Crippen LogP contribution >= 0.6 is 43.2 Å². The molecule has 0 radical (unpaired) electrons. The van der Waals surface area contributed by atoms with E-state index in [0.29, 0.717) is 0 Å². The molecule has 216 valence electrons. The minimum absolute atomic E-state index is 0. The first-order chi connectivity index (χ1) is 22.1. The largest absolute Gasteiger partial charge is 2.00 e. The van der Waals surface area contributed by atoms with Gasteiger partial charge >= 0.3 is 19.5 Å². The Hall–Kier alpha value is -3.94. The second kappa shape index (κ2) is 13.1. The molecule has 0 fully saturated rings. The zero-order chi connectivity index (χ0) is 30.3. The Labute approximate surface area is 299 Å². The van der Waals surface area contributed by atoms with Crippen molar-refractivity contribution < 1.29 is 19.5 Å². The Kier molecular flexibility index (Phi) is 8.71. The van der Waals surface area contributed by atoms with Gasteiger partial charge in [-0.05, 0) is 90.0 Å². The Bertz CT molecular complexity index is 2310. The average molecular weight is 792 g/mol. The zero-order valence-electron chi connectivity index (χ0n) is 24.4. The molecule has 0 unspecified atom stereocenters. The normalized spacial score (nSPS) is 12.1. The smallest absolute Gasteiger partial charge is 0.657 e. The molecule has 0 spiro atoms. The summed E-state index contributed by atoms with van der Waals surface area (Å²) in [6, 6.07) is 33.0. The molecule has 2 aliphatic rings. The van der Waals surface area contributed by atoms with E-state index in [1.807, 2.05) is 54.6 Å². The third-order valence-corrected chi connectivity index (χ3v) is 10.1. The van der Waals surface area contributed by atoms with Crippen molar-refractivity contribution >= 4 is 102 Å². The fraction of sp³-hybridized carbons (Fsp3) is 0. The van der Waals surface area contributed by atoms with E-state index in [-0.39, 0.29) is 19.5 Å². The summed E-state index contributed by atoms with van der Waals surface area (Å²) in [4.78, 5) is 20.5. The van der Waals surface area contributed by atoms with Gasteiger partial charge in [0.1, 0.15) is 0 Å². The van der Waals surface area contributed by atoms with Crippen LogP contribution in [0.4, 0.5) is 0 Å². The molecule has 0 N–H and O–H groups in total. The molecule has 0 saturated carbocycles. The monoisotopic (exact) mass is 788 g/mol.